The second kappa shape index (κ2) is 5.96. The fourth-order valence-electron chi connectivity index (χ4n) is 1.86. The molecule has 5 N–H and O–H groups in total. The van der Waals surface area contributed by atoms with Gasteiger partial charge in [0, 0.05) is 12.7 Å². The van der Waals surface area contributed by atoms with E-state index in [4.69, 9.17) is 5.73 Å². The number of anilines is 2. The Hall–Kier alpha value is -3.02. The third-order valence-electron chi connectivity index (χ3n) is 2.93. The molecule has 2 aromatic rings. The molecule has 0 atom stereocenters. The van der Waals surface area contributed by atoms with Crippen LogP contribution in [0.25, 0.3) is 0 Å². The van der Waals surface area contributed by atoms with Crippen molar-refractivity contribution >= 4 is 23.2 Å². The van der Waals surface area contributed by atoms with Gasteiger partial charge in [0.05, 0.1) is 16.8 Å². The third-order valence-corrected chi connectivity index (χ3v) is 2.93. The van der Waals surface area contributed by atoms with E-state index in [-0.39, 0.29) is 22.9 Å². The average Bonchev–Trinajstić information content (AvgIpc) is 2.49. The van der Waals surface area contributed by atoms with Crippen LogP contribution in [-0.4, -0.2) is 24.0 Å². The number of nitrogens with two attached hydrogens (primary N) is 1. The smallest absolute Gasteiger partial charge is 0.257 e. The molecule has 0 spiro atoms. The SMILES string of the molecule is CNC(=O)c1ccccc1NC(=O)c1cc(O)ccc1N. The van der Waals surface area contributed by atoms with Gasteiger partial charge >= 0.3 is 0 Å². The first-order valence-electron chi connectivity index (χ1n) is 6.24. The molecule has 0 radical (unpaired) electrons. The maximum absolute atomic E-state index is 12.2. The lowest BCUT2D eigenvalue weighted by molar-refractivity contribution is 0.0964. The second-order valence-corrected chi connectivity index (χ2v) is 4.35. The molecule has 0 aromatic heterocycles. The molecule has 0 fully saturated rings. The van der Waals surface area contributed by atoms with Crippen LogP contribution in [-0.2, 0) is 0 Å². The van der Waals surface area contributed by atoms with Gasteiger partial charge in [0.1, 0.15) is 5.75 Å². The Kier molecular flexibility index (Phi) is 4.08. The quantitative estimate of drug-likeness (QED) is 0.507. The maximum Gasteiger partial charge on any atom is 0.257 e. The maximum atomic E-state index is 12.2. The first-order chi connectivity index (χ1) is 10.0. The van der Waals surface area contributed by atoms with E-state index in [1.807, 2.05) is 0 Å². The van der Waals surface area contributed by atoms with Gasteiger partial charge in [-0.2, -0.15) is 0 Å². The molecule has 0 saturated carbocycles. The van der Waals surface area contributed by atoms with Gasteiger partial charge in [-0.1, -0.05) is 12.1 Å². The molecule has 2 aromatic carbocycles. The van der Waals surface area contributed by atoms with Gasteiger partial charge in [0.25, 0.3) is 11.8 Å². The predicted molar refractivity (Wildman–Crippen MR) is 80.3 cm³/mol. The van der Waals surface area contributed by atoms with Gasteiger partial charge in [-0.05, 0) is 30.3 Å². The van der Waals surface area contributed by atoms with Crippen molar-refractivity contribution < 1.29 is 14.7 Å². The number of hydrogen-bond acceptors (Lipinski definition) is 4. The Morgan fingerprint density at radius 3 is 2.48 bits per heavy atom. The lowest BCUT2D eigenvalue weighted by Crippen LogP contribution is -2.21. The zero-order valence-corrected chi connectivity index (χ0v) is 11.4. The number of amides is 2. The minimum Gasteiger partial charge on any atom is -0.508 e. The Bertz CT molecular complexity index is 698. The molecular weight excluding hydrogens is 270 g/mol. The van der Waals surface area contributed by atoms with E-state index in [0.29, 0.717) is 11.3 Å². The third kappa shape index (κ3) is 3.11. The van der Waals surface area contributed by atoms with E-state index in [1.54, 1.807) is 24.3 Å². The molecule has 21 heavy (non-hydrogen) atoms. The zero-order chi connectivity index (χ0) is 15.4. The number of phenolic OH excluding ortho intramolecular Hbond substituents is 1. The zero-order valence-electron chi connectivity index (χ0n) is 11.4. The van der Waals surface area contributed by atoms with Crippen molar-refractivity contribution in [3.05, 3.63) is 53.6 Å². The molecule has 6 nitrogen and oxygen atoms in total. The van der Waals surface area contributed by atoms with Crippen LogP contribution in [0.1, 0.15) is 20.7 Å². The normalized spacial score (nSPS) is 9.95. The summed E-state index contributed by atoms with van der Waals surface area (Å²) in [7, 11) is 1.51. The van der Waals surface area contributed by atoms with E-state index in [1.165, 1.54) is 25.2 Å². The molecule has 6 heteroatoms. The topological polar surface area (TPSA) is 104 Å². The molecule has 0 aliphatic rings. The highest BCUT2D eigenvalue weighted by Crippen LogP contribution is 2.21. The molecule has 108 valence electrons. The molecule has 0 aliphatic heterocycles. The van der Waals surface area contributed by atoms with Crippen LogP contribution in [0.15, 0.2) is 42.5 Å². The molecule has 0 saturated heterocycles. The van der Waals surface area contributed by atoms with Crippen molar-refractivity contribution in [2.75, 3.05) is 18.1 Å². The number of hydrogen-bond donors (Lipinski definition) is 4. The van der Waals surface area contributed by atoms with Crippen LogP contribution in [0, 0.1) is 0 Å². The number of rotatable bonds is 3. The number of nitrogen functional groups attached to an aromatic ring is 1. The van der Waals surface area contributed by atoms with Crippen molar-refractivity contribution in [3.63, 3.8) is 0 Å². The van der Waals surface area contributed by atoms with Gasteiger partial charge in [-0.15, -0.1) is 0 Å². The van der Waals surface area contributed by atoms with E-state index in [2.05, 4.69) is 10.6 Å². The number of para-hydroxylation sites is 1. The highest BCUT2D eigenvalue weighted by molar-refractivity contribution is 6.11. The van der Waals surface area contributed by atoms with Crippen LogP contribution in [0.3, 0.4) is 0 Å². The number of benzene rings is 2. The molecule has 0 bridgehead atoms. The van der Waals surface area contributed by atoms with Crippen molar-refractivity contribution in [2.45, 2.75) is 0 Å². The second-order valence-electron chi connectivity index (χ2n) is 4.35. The summed E-state index contributed by atoms with van der Waals surface area (Å²) in [6, 6.07) is 10.7. The van der Waals surface area contributed by atoms with Gasteiger partial charge in [-0.25, -0.2) is 0 Å². The lowest BCUT2D eigenvalue weighted by Gasteiger charge is -2.11. The lowest BCUT2D eigenvalue weighted by atomic mass is 10.1. The fourth-order valence-corrected chi connectivity index (χ4v) is 1.86. The summed E-state index contributed by atoms with van der Waals surface area (Å²) < 4.78 is 0. The largest absolute Gasteiger partial charge is 0.508 e. The summed E-state index contributed by atoms with van der Waals surface area (Å²) in [5.74, 6) is -0.872. The van der Waals surface area contributed by atoms with Crippen molar-refractivity contribution in [2.24, 2.45) is 0 Å². The number of nitrogens with one attached hydrogen (secondary N) is 2. The Morgan fingerprint density at radius 1 is 1.05 bits per heavy atom. The van der Waals surface area contributed by atoms with Crippen LogP contribution in [0.4, 0.5) is 11.4 Å². The summed E-state index contributed by atoms with van der Waals surface area (Å²) in [6.07, 6.45) is 0. The summed E-state index contributed by atoms with van der Waals surface area (Å²) in [5, 5.41) is 14.6. The molecule has 0 aliphatic carbocycles. The van der Waals surface area contributed by atoms with Gasteiger partial charge in [0.15, 0.2) is 0 Å². The molecule has 2 amide bonds. The van der Waals surface area contributed by atoms with E-state index in [9.17, 15) is 14.7 Å². The van der Waals surface area contributed by atoms with Crippen LogP contribution in [0.5, 0.6) is 5.75 Å². The summed E-state index contributed by atoms with van der Waals surface area (Å²) in [5.41, 5.74) is 6.80. The summed E-state index contributed by atoms with van der Waals surface area (Å²) in [4.78, 5) is 24.0. The Balaban J connectivity index is 2.32. The van der Waals surface area contributed by atoms with Gasteiger partial charge in [-0.3, -0.25) is 9.59 Å². The minimum atomic E-state index is -0.500. The van der Waals surface area contributed by atoms with Gasteiger partial charge in [0.2, 0.25) is 0 Å². The standard InChI is InChI=1S/C15H15N3O3/c1-17-14(20)10-4-2-3-5-13(10)18-15(21)11-8-9(19)6-7-12(11)16/h2-8,19H,16H2,1H3,(H,17,20)(H,18,21). The molecule has 0 unspecified atom stereocenters. The van der Waals surface area contributed by atoms with Gasteiger partial charge < -0.3 is 21.5 Å². The Labute approximate surface area is 121 Å². The monoisotopic (exact) mass is 285 g/mol. The van der Waals surface area contributed by atoms with E-state index < -0.39 is 5.91 Å². The minimum absolute atomic E-state index is 0.0612. The van der Waals surface area contributed by atoms with Crippen LogP contribution in [0.2, 0.25) is 0 Å². The summed E-state index contributed by atoms with van der Waals surface area (Å²) >= 11 is 0. The van der Waals surface area contributed by atoms with Crippen molar-refractivity contribution in [1.82, 2.24) is 5.32 Å². The number of phenols is 1. The average molecular weight is 285 g/mol. The molecule has 0 heterocycles. The molecular formula is C15H15N3O3. The highest BCUT2D eigenvalue weighted by Gasteiger charge is 2.15. The number of aromatic hydroxyl groups is 1. The Morgan fingerprint density at radius 2 is 1.76 bits per heavy atom. The van der Waals surface area contributed by atoms with E-state index in [0.717, 1.165) is 0 Å². The fraction of sp³-hybridized carbons (Fsp3) is 0.0667. The van der Waals surface area contributed by atoms with Crippen molar-refractivity contribution in [3.8, 4) is 5.75 Å². The number of carbonyl (C=O) groups excluding carboxylic acids is 2. The summed E-state index contributed by atoms with van der Waals surface area (Å²) in [6.45, 7) is 0. The first-order valence-corrected chi connectivity index (χ1v) is 6.24. The number of carbonyl (C=O) groups is 2. The first kappa shape index (κ1) is 14.4. The predicted octanol–water partition coefficient (Wildman–Crippen LogP) is 1.59. The van der Waals surface area contributed by atoms with Crippen LogP contribution < -0.4 is 16.4 Å². The van der Waals surface area contributed by atoms with Crippen LogP contribution >= 0.6 is 0 Å². The molecule has 2 rings (SSSR count). The van der Waals surface area contributed by atoms with Crippen molar-refractivity contribution in [1.29, 1.82) is 0 Å². The highest BCUT2D eigenvalue weighted by atomic mass is 16.3. The van der Waals surface area contributed by atoms with E-state index >= 15 is 0 Å².